The first kappa shape index (κ1) is 23.1. The molecule has 2 aromatic heterocycles. The lowest BCUT2D eigenvalue weighted by atomic mass is 9.69. The SMILES string of the molecule is Cc1cccc(C2(CNC(=O)Cc3c(C)nn(-c4nc(C)cc(C)n4)c3C)CCCCC2)c1. The summed E-state index contributed by atoms with van der Waals surface area (Å²) in [5, 5.41) is 7.92. The van der Waals surface area contributed by atoms with Crippen LogP contribution in [0.25, 0.3) is 5.95 Å². The Bertz CT molecular complexity index is 1140. The third-order valence-electron chi connectivity index (χ3n) is 7.00. The normalized spacial score (nSPS) is 15.4. The molecule has 2 heterocycles. The van der Waals surface area contributed by atoms with E-state index in [0.717, 1.165) is 41.2 Å². The van der Waals surface area contributed by atoms with Crippen LogP contribution in [0.3, 0.4) is 0 Å². The zero-order valence-electron chi connectivity index (χ0n) is 20.5. The van der Waals surface area contributed by atoms with Crippen LogP contribution in [0.4, 0.5) is 0 Å². The van der Waals surface area contributed by atoms with Crippen molar-refractivity contribution in [2.75, 3.05) is 6.54 Å². The van der Waals surface area contributed by atoms with Crippen LogP contribution in [-0.4, -0.2) is 32.2 Å². The van der Waals surface area contributed by atoms with E-state index in [1.807, 2.05) is 33.8 Å². The number of carbonyl (C=O) groups excluding carboxylic acids is 1. The Labute approximate surface area is 196 Å². The van der Waals surface area contributed by atoms with Crippen LogP contribution in [0.15, 0.2) is 30.3 Å². The molecular formula is C27H35N5O. The summed E-state index contributed by atoms with van der Waals surface area (Å²) in [7, 11) is 0. The summed E-state index contributed by atoms with van der Waals surface area (Å²) in [6, 6.07) is 10.7. The summed E-state index contributed by atoms with van der Waals surface area (Å²) in [6.07, 6.45) is 6.26. The molecule has 1 amide bonds. The van der Waals surface area contributed by atoms with E-state index in [4.69, 9.17) is 0 Å². The van der Waals surface area contributed by atoms with Crippen molar-refractivity contribution in [2.24, 2.45) is 0 Å². The van der Waals surface area contributed by atoms with E-state index in [1.54, 1.807) is 4.68 Å². The molecule has 0 spiro atoms. The maximum atomic E-state index is 13.1. The minimum atomic E-state index is 0.0289. The van der Waals surface area contributed by atoms with E-state index in [0.29, 0.717) is 18.9 Å². The minimum absolute atomic E-state index is 0.0289. The minimum Gasteiger partial charge on any atom is -0.355 e. The second-order valence-corrected chi connectivity index (χ2v) is 9.68. The number of hydrogen-bond acceptors (Lipinski definition) is 4. The predicted octanol–water partition coefficient (Wildman–Crippen LogP) is 4.77. The molecule has 1 saturated carbocycles. The smallest absolute Gasteiger partial charge is 0.251 e. The highest BCUT2D eigenvalue weighted by Crippen LogP contribution is 2.39. The maximum absolute atomic E-state index is 13.1. The fourth-order valence-corrected chi connectivity index (χ4v) is 5.19. The molecule has 1 aliphatic rings. The molecule has 0 atom stereocenters. The summed E-state index contributed by atoms with van der Waals surface area (Å²) in [5.74, 6) is 0.597. The molecule has 1 aromatic carbocycles. The number of hydrogen-bond donors (Lipinski definition) is 1. The van der Waals surface area contributed by atoms with Crippen molar-refractivity contribution in [1.82, 2.24) is 25.1 Å². The molecule has 6 nitrogen and oxygen atoms in total. The van der Waals surface area contributed by atoms with E-state index in [2.05, 4.69) is 51.6 Å². The lowest BCUT2D eigenvalue weighted by Gasteiger charge is -2.38. The highest BCUT2D eigenvalue weighted by Gasteiger charge is 2.34. The van der Waals surface area contributed by atoms with Gasteiger partial charge in [-0.1, -0.05) is 49.1 Å². The quantitative estimate of drug-likeness (QED) is 0.593. The van der Waals surface area contributed by atoms with Crippen LogP contribution in [0.2, 0.25) is 0 Å². The van der Waals surface area contributed by atoms with Crippen molar-refractivity contribution in [2.45, 2.75) is 78.6 Å². The zero-order chi connectivity index (χ0) is 23.6. The number of nitrogens with one attached hydrogen (secondary N) is 1. The van der Waals surface area contributed by atoms with E-state index in [1.165, 1.54) is 30.4 Å². The van der Waals surface area contributed by atoms with Gasteiger partial charge in [-0.2, -0.15) is 5.10 Å². The van der Waals surface area contributed by atoms with E-state index in [-0.39, 0.29) is 11.3 Å². The van der Waals surface area contributed by atoms with Gasteiger partial charge in [0, 0.05) is 34.6 Å². The van der Waals surface area contributed by atoms with Crippen LogP contribution < -0.4 is 5.32 Å². The van der Waals surface area contributed by atoms with Gasteiger partial charge in [-0.3, -0.25) is 4.79 Å². The van der Waals surface area contributed by atoms with Gasteiger partial charge in [-0.15, -0.1) is 0 Å². The molecule has 6 heteroatoms. The topological polar surface area (TPSA) is 72.7 Å². The Kier molecular flexibility index (Phi) is 6.63. The predicted molar refractivity (Wildman–Crippen MR) is 131 cm³/mol. The highest BCUT2D eigenvalue weighted by atomic mass is 16.1. The van der Waals surface area contributed by atoms with Crippen molar-refractivity contribution < 1.29 is 4.79 Å². The number of benzene rings is 1. The molecule has 0 unspecified atom stereocenters. The molecule has 33 heavy (non-hydrogen) atoms. The van der Waals surface area contributed by atoms with Gasteiger partial charge in [0.15, 0.2) is 0 Å². The fraction of sp³-hybridized carbons (Fsp3) is 0.481. The third kappa shape index (κ3) is 5.00. The number of carbonyl (C=O) groups is 1. The Morgan fingerprint density at radius 1 is 1.00 bits per heavy atom. The number of rotatable bonds is 6. The second-order valence-electron chi connectivity index (χ2n) is 9.68. The van der Waals surface area contributed by atoms with Gasteiger partial charge in [0.1, 0.15) is 0 Å². The average molecular weight is 446 g/mol. The number of amides is 1. The maximum Gasteiger partial charge on any atom is 0.251 e. The van der Waals surface area contributed by atoms with Crippen molar-refractivity contribution in [1.29, 1.82) is 0 Å². The lowest BCUT2D eigenvalue weighted by molar-refractivity contribution is -0.120. The van der Waals surface area contributed by atoms with Gasteiger partial charge < -0.3 is 5.32 Å². The van der Waals surface area contributed by atoms with Gasteiger partial charge in [-0.05, 0) is 59.1 Å². The molecule has 0 radical (unpaired) electrons. The molecule has 1 aliphatic carbocycles. The second kappa shape index (κ2) is 9.46. The summed E-state index contributed by atoms with van der Waals surface area (Å²) >= 11 is 0. The first-order valence-corrected chi connectivity index (χ1v) is 12.0. The van der Waals surface area contributed by atoms with Crippen molar-refractivity contribution >= 4 is 5.91 Å². The Balaban J connectivity index is 1.51. The number of aromatic nitrogens is 4. The van der Waals surface area contributed by atoms with Gasteiger partial charge in [0.05, 0.1) is 12.1 Å². The number of nitrogens with zero attached hydrogens (tertiary/aromatic N) is 4. The Hall–Kier alpha value is -3.02. The van der Waals surface area contributed by atoms with Crippen LogP contribution in [0.1, 0.15) is 71.6 Å². The Morgan fingerprint density at radius 2 is 1.70 bits per heavy atom. The summed E-state index contributed by atoms with van der Waals surface area (Å²) < 4.78 is 1.76. The number of aryl methyl sites for hydroxylation is 4. The van der Waals surface area contributed by atoms with E-state index >= 15 is 0 Å². The van der Waals surface area contributed by atoms with Crippen molar-refractivity contribution in [3.63, 3.8) is 0 Å². The third-order valence-corrected chi connectivity index (χ3v) is 7.00. The molecule has 0 aliphatic heterocycles. The van der Waals surface area contributed by atoms with Crippen LogP contribution in [0.5, 0.6) is 0 Å². The molecule has 174 valence electrons. The van der Waals surface area contributed by atoms with Crippen LogP contribution in [0, 0.1) is 34.6 Å². The summed E-state index contributed by atoms with van der Waals surface area (Å²) in [6.45, 7) is 10.7. The fourth-order valence-electron chi connectivity index (χ4n) is 5.19. The first-order chi connectivity index (χ1) is 15.8. The zero-order valence-corrected chi connectivity index (χ0v) is 20.5. The van der Waals surface area contributed by atoms with E-state index in [9.17, 15) is 4.79 Å². The molecular weight excluding hydrogens is 410 g/mol. The first-order valence-electron chi connectivity index (χ1n) is 12.0. The monoisotopic (exact) mass is 445 g/mol. The Morgan fingerprint density at radius 3 is 2.36 bits per heavy atom. The molecule has 0 bridgehead atoms. The van der Waals surface area contributed by atoms with Crippen LogP contribution >= 0.6 is 0 Å². The van der Waals surface area contributed by atoms with Gasteiger partial charge in [-0.25, -0.2) is 14.6 Å². The van der Waals surface area contributed by atoms with Gasteiger partial charge >= 0.3 is 0 Å². The molecule has 1 N–H and O–H groups in total. The largest absolute Gasteiger partial charge is 0.355 e. The molecule has 4 rings (SSSR count). The van der Waals surface area contributed by atoms with Gasteiger partial charge in [0.2, 0.25) is 5.91 Å². The van der Waals surface area contributed by atoms with Crippen LogP contribution in [-0.2, 0) is 16.6 Å². The van der Waals surface area contributed by atoms with Gasteiger partial charge in [0.25, 0.3) is 5.95 Å². The standard InChI is InChI=1S/C27H35N5O/c1-18-10-9-11-23(14-18)27(12-7-6-8-13-27)17-28-25(33)16-24-21(4)31-32(22(24)5)26-29-19(2)15-20(3)30-26/h9-11,14-15H,6-8,12-13,16-17H2,1-5H3,(H,28,33). The summed E-state index contributed by atoms with van der Waals surface area (Å²) in [4.78, 5) is 22.1. The van der Waals surface area contributed by atoms with Crippen molar-refractivity contribution in [3.8, 4) is 5.95 Å². The molecule has 3 aromatic rings. The van der Waals surface area contributed by atoms with E-state index < -0.39 is 0 Å². The highest BCUT2D eigenvalue weighted by molar-refractivity contribution is 5.79. The van der Waals surface area contributed by atoms with Crippen molar-refractivity contribution in [3.05, 3.63) is 69.8 Å². The molecule has 1 fully saturated rings. The molecule has 0 saturated heterocycles. The lowest BCUT2D eigenvalue weighted by Crippen LogP contribution is -2.42. The average Bonchev–Trinajstić information content (AvgIpc) is 3.06. The summed E-state index contributed by atoms with van der Waals surface area (Å²) in [5.41, 5.74) is 7.17.